The summed E-state index contributed by atoms with van der Waals surface area (Å²) in [6.45, 7) is 1.73. The van der Waals surface area contributed by atoms with E-state index in [4.69, 9.17) is 10.5 Å². The minimum Gasteiger partial charge on any atom is -0.482 e. The van der Waals surface area contributed by atoms with Gasteiger partial charge < -0.3 is 15.6 Å². The number of anilines is 1. The van der Waals surface area contributed by atoms with Crippen molar-refractivity contribution in [3.05, 3.63) is 78.0 Å². The lowest BCUT2D eigenvalue weighted by molar-refractivity contribution is 0.204. The first-order valence-electron chi connectivity index (χ1n) is 10.4. The van der Waals surface area contributed by atoms with Crippen LogP contribution in [0.15, 0.2) is 66.0 Å². The maximum Gasteiger partial charge on any atom is 0.181 e. The van der Waals surface area contributed by atoms with Gasteiger partial charge in [0.05, 0.1) is 34.8 Å². The number of benzene rings is 2. The molecule has 3 heterocycles. The van der Waals surface area contributed by atoms with Crippen LogP contribution in [-0.4, -0.2) is 39.3 Å². The lowest BCUT2D eigenvalue weighted by Gasteiger charge is -2.19. The van der Waals surface area contributed by atoms with Gasteiger partial charge in [-0.25, -0.2) is 17.8 Å². The van der Waals surface area contributed by atoms with Crippen molar-refractivity contribution in [2.45, 2.75) is 24.0 Å². The molecule has 11 heteroatoms. The Morgan fingerprint density at radius 2 is 1.91 bits per heavy atom. The zero-order valence-electron chi connectivity index (χ0n) is 18.0. The number of fused-ring (bicyclic) bond motifs is 1. The van der Waals surface area contributed by atoms with Gasteiger partial charge in [-0.05, 0) is 42.8 Å². The Balaban J connectivity index is 1.49. The number of aliphatic hydroxyl groups is 1. The average molecular weight is 482 g/mol. The van der Waals surface area contributed by atoms with Gasteiger partial charge in [0, 0.05) is 22.9 Å². The molecule has 2 aromatic carbocycles. The Morgan fingerprint density at radius 3 is 2.68 bits per heavy atom. The number of sulfone groups is 1. The number of ether oxygens (including phenoxy) is 1. The molecule has 4 aromatic rings. The van der Waals surface area contributed by atoms with Gasteiger partial charge >= 0.3 is 0 Å². The number of nitrogens with two attached hydrogens (primary N) is 1. The summed E-state index contributed by atoms with van der Waals surface area (Å²) in [5, 5.41) is 18.2. The van der Waals surface area contributed by atoms with Crippen LogP contribution in [0.25, 0.3) is 16.8 Å². The Hall–Kier alpha value is -3.83. The zero-order valence-corrected chi connectivity index (χ0v) is 18.8. The second-order valence-corrected chi connectivity index (χ2v) is 9.94. The van der Waals surface area contributed by atoms with E-state index in [-0.39, 0.29) is 22.2 Å². The van der Waals surface area contributed by atoms with Crippen molar-refractivity contribution in [3.8, 4) is 22.6 Å². The van der Waals surface area contributed by atoms with E-state index in [1.165, 1.54) is 41.6 Å². The van der Waals surface area contributed by atoms with Gasteiger partial charge in [-0.3, -0.25) is 0 Å². The van der Waals surface area contributed by atoms with Crippen LogP contribution in [0.3, 0.4) is 0 Å². The van der Waals surface area contributed by atoms with E-state index in [2.05, 4.69) is 15.2 Å². The maximum absolute atomic E-state index is 14.0. The van der Waals surface area contributed by atoms with Crippen LogP contribution in [0.5, 0.6) is 5.75 Å². The molecule has 0 radical (unpaired) electrons. The van der Waals surface area contributed by atoms with Crippen molar-refractivity contribution in [1.29, 1.82) is 0 Å². The van der Waals surface area contributed by atoms with Gasteiger partial charge in [0.15, 0.2) is 21.4 Å². The van der Waals surface area contributed by atoms with E-state index in [0.29, 0.717) is 27.9 Å². The third-order valence-electron chi connectivity index (χ3n) is 5.67. The highest BCUT2D eigenvalue weighted by Gasteiger charge is 2.33. The number of nitrogens with zero attached hydrogens (tertiary/aromatic N) is 4. The summed E-state index contributed by atoms with van der Waals surface area (Å²) in [7, 11) is -3.57. The van der Waals surface area contributed by atoms with Gasteiger partial charge in [0.25, 0.3) is 0 Å². The fourth-order valence-electron chi connectivity index (χ4n) is 3.98. The van der Waals surface area contributed by atoms with E-state index in [1.807, 2.05) is 0 Å². The Labute approximate surface area is 194 Å². The van der Waals surface area contributed by atoms with Crippen LogP contribution >= 0.6 is 0 Å². The molecule has 0 fully saturated rings. The average Bonchev–Trinajstić information content (AvgIpc) is 3.41. The number of halogens is 1. The largest absolute Gasteiger partial charge is 0.482 e. The highest BCUT2D eigenvalue weighted by atomic mass is 32.2. The number of pyridine rings is 1. The minimum atomic E-state index is -3.57. The first kappa shape index (κ1) is 22.0. The number of rotatable bonds is 5. The molecule has 0 saturated carbocycles. The van der Waals surface area contributed by atoms with E-state index in [9.17, 15) is 17.9 Å². The second-order valence-electron chi connectivity index (χ2n) is 7.94. The SMILES string of the molecule is CC(Oc1cc(-c2ccc3c(c2)S(=O)(=O)CC3O)cnc1N)c1cc(F)ccc1-n1nccn1. The number of nitrogen functional groups attached to an aromatic ring is 1. The molecule has 34 heavy (non-hydrogen) atoms. The standard InChI is InChI=1S/C23H20FN5O4S/c1-13(18-10-16(24)3-5-19(18)29-27-6-7-28-29)33-21-8-15(11-26-23(21)25)14-2-4-17-20(30)12-34(31,32)22(17)9-14/h2-11,13,20,30H,12H2,1H3,(H2,25,26). The molecule has 0 aliphatic carbocycles. The minimum absolute atomic E-state index is 0.0984. The zero-order chi connectivity index (χ0) is 24.0. The van der Waals surface area contributed by atoms with E-state index >= 15 is 0 Å². The molecular weight excluding hydrogens is 461 g/mol. The van der Waals surface area contributed by atoms with Gasteiger partial charge in [0.1, 0.15) is 11.9 Å². The third-order valence-corrected chi connectivity index (χ3v) is 7.44. The molecule has 0 saturated heterocycles. The van der Waals surface area contributed by atoms with Gasteiger partial charge in [0.2, 0.25) is 0 Å². The smallest absolute Gasteiger partial charge is 0.181 e. The van der Waals surface area contributed by atoms with Crippen molar-refractivity contribution < 1.29 is 22.7 Å². The summed E-state index contributed by atoms with van der Waals surface area (Å²) in [5.74, 6) is -0.409. The van der Waals surface area contributed by atoms with Crippen LogP contribution in [0, 0.1) is 5.82 Å². The molecule has 1 aliphatic heterocycles. The predicted octanol–water partition coefficient (Wildman–Crippen LogP) is 3.01. The Bertz CT molecular complexity index is 1490. The summed E-state index contributed by atoms with van der Waals surface area (Å²) in [5.41, 5.74) is 8.61. The summed E-state index contributed by atoms with van der Waals surface area (Å²) < 4.78 is 44.8. The molecule has 3 N–H and O–H groups in total. The molecule has 174 valence electrons. The fraction of sp³-hybridized carbons (Fsp3) is 0.174. The number of aliphatic hydroxyl groups excluding tert-OH is 1. The summed E-state index contributed by atoms with van der Waals surface area (Å²) >= 11 is 0. The fourth-order valence-corrected chi connectivity index (χ4v) is 5.63. The molecule has 2 aromatic heterocycles. The lowest BCUT2D eigenvalue weighted by Crippen LogP contribution is -2.11. The number of hydrogen-bond acceptors (Lipinski definition) is 8. The Kier molecular flexibility index (Phi) is 5.29. The monoisotopic (exact) mass is 481 g/mol. The normalized spacial score (nSPS) is 17.3. The van der Waals surface area contributed by atoms with Crippen LogP contribution in [0.1, 0.15) is 30.3 Å². The van der Waals surface area contributed by atoms with Crippen molar-refractivity contribution in [3.63, 3.8) is 0 Å². The van der Waals surface area contributed by atoms with Gasteiger partial charge in [-0.1, -0.05) is 12.1 Å². The summed E-state index contributed by atoms with van der Waals surface area (Å²) in [4.78, 5) is 5.65. The highest BCUT2D eigenvalue weighted by molar-refractivity contribution is 7.91. The first-order chi connectivity index (χ1) is 16.2. The van der Waals surface area contributed by atoms with Crippen LogP contribution in [-0.2, 0) is 9.84 Å². The highest BCUT2D eigenvalue weighted by Crippen LogP contribution is 2.38. The molecule has 5 rings (SSSR count). The van der Waals surface area contributed by atoms with Gasteiger partial charge in [-0.2, -0.15) is 15.0 Å². The van der Waals surface area contributed by atoms with Crippen molar-refractivity contribution >= 4 is 15.7 Å². The van der Waals surface area contributed by atoms with Crippen molar-refractivity contribution in [2.24, 2.45) is 0 Å². The van der Waals surface area contributed by atoms with Crippen molar-refractivity contribution in [1.82, 2.24) is 20.0 Å². The summed E-state index contributed by atoms with van der Waals surface area (Å²) in [6.07, 6.45) is 2.85. The van der Waals surface area contributed by atoms with E-state index in [1.54, 1.807) is 31.2 Å². The molecule has 0 spiro atoms. The molecule has 9 nitrogen and oxygen atoms in total. The third kappa shape index (κ3) is 3.88. The first-order valence-corrected chi connectivity index (χ1v) is 12.0. The van der Waals surface area contributed by atoms with Crippen LogP contribution in [0.4, 0.5) is 10.2 Å². The van der Waals surface area contributed by atoms with Gasteiger partial charge in [-0.15, -0.1) is 0 Å². The van der Waals surface area contributed by atoms with E-state index in [0.717, 1.165) is 0 Å². The molecule has 0 bridgehead atoms. The molecule has 2 unspecified atom stereocenters. The molecule has 0 amide bonds. The molecular formula is C23H20FN5O4S. The van der Waals surface area contributed by atoms with Crippen LogP contribution in [0.2, 0.25) is 0 Å². The molecule has 2 atom stereocenters. The maximum atomic E-state index is 14.0. The quantitative estimate of drug-likeness (QED) is 0.444. The number of hydrogen-bond donors (Lipinski definition) is 2. The topological polar surface area (TPSA) is 133 Å². The molecule has 1 aliphatic rings. The number of aromatic nitrogens is 4. The Morgan fingerprint density at radius 1 is 1.15 bits per heavy atom. The summed E-state index contributed by atoms with van der Waals surface area (Å²) in [6, 6.07) is 10.7. The van der Waals surface area contributed by atoms with Crippen LogP contribution < -0.4 is 10.5 Å². The predicted molar refractivity (Wildman–Crippen MR) is 121 cm³/mol. The van der Waals surface area contributed by atoms with Crippen molar-refractivity contribution in [2.75, 3.05) is 11.5 Å². The van der Waals surface area contributed by atoms with E-state index < -0.39 is 27.9 Å². The second kappa shape index (κ2) is 8.19. The lowest BCUT2D eigenvalue weighted by atomic mass is 10.0.